The van der Waals surface area contributed by atoms with Crippen LogP contribution in [0, 0.1) is 6.92 Å². The highest BCUT2D eigenvalue weighted by Gasteiger charge is 2.19. The van der Waals surface area contributed by atoms with Crippen LogP contribution < -0.4 is 5.32 Å². The van der Waals surface area contributed by atoms with Crippen LogP contribution in [0.4, 0.5) is 0 Å². The SMILES string of the molecule is CSc1ccc(CCNC(=O)c2cnn(-c3ccc(C)cc3)c2-n2cccc2)cc1. The highest BCUT2D eigenvalue weighted by Crippen LogP contribution is 2.20. The average molecular weight is 417 g/mol. The molecule has 2 heterocycles. The number of hydrogen-bond acceptors (Lipinski definition) is 3. The number of benzene rings is 2. The van der Waals surface area contributed by atoms with E-state index in [1.165, 1.54) is 16.0 Å². The number of carbonyl (C=O) groups excluding carboxylic acids is 1. The highest BCUT2D eigenvalue weighted by molar-refractivity contribution is 7.98. The van der Waals surface area contributed by atoms with Gasteiger partial charge in [-0.05, 0) is 61.6 Å². The lowest BCUT2D eigenvalue weighted by Crippen LogP contribution is -2.26. The minimum Gasteiger partial charge on any atom is -0.352 e. The fourth-order valence-electron chi connectivity index (χ4n) is 3.31. The third-order valence-corrected chi connectivity index (χ3v) is 5.72. The van der Waals surface area contributed by atoms with Crippen molar-refractivity contribution in [3.63, 3.8) is 0 Å². The first-order valence-electron chi connectivity index (χ1n) is 9.85. The first-order valence-corrected chi connectivity index (χ1v) is 11.1. The van der Waals surface area contributed by atoms with Crippen molar-refractivity contribution in [1.82, 2.24) is 19.7 Å². The van der Waals surface area contributed by atoms with Crippen LogP contribution in [-0.4, -0.2) is 33.1 Å². The molecule has 0 aliphatic heterocycles. The Kier molecular flexibility index (Phi) is 6.05. The van der Waals surface area contributed by atoms with Crippen molar-refractivity contribution in [3.8, 4) is 11.5 Å². The fraction of sp³-hybridized carbons (Fsp3) is 0.167. The van der Waals surface area contributed by atoms with Gasteiger partial charge in [0.15, 0.2) is 5.82 Å². The summed E-state index contributed by atoms with van der Waals surface area (Å²) in [6, 6.07) is 20.4. The van der Waals surface area contributed by atoms with E-state index in [0.717, 1.165) is 17.9 Å². The molecule has 1 amide bonds. The number of nitrogens with one attached hydrogen (secondary N) is 1. The molecule has 4 rings (SSSR count). The molecule has 152 valence electrons. The first-order chi connectivity index (χ1) is 14.7. The number of nitrogens with zero attached hydrogens (tertiary/aromatic N) is 3. The Morgan fingerprint density at radius 3 is 2.40 bits per heavy atom. The predicted octanol–water partition coefficient (Wildman–Crippen LogP) is 4.67. The number of aryl methyl sites for hydroxylation is 1. The van der Waals surface area contributed by atoms with Gasteiger partial charge >= 0.3 is 0 Å². The van der Waals surface area contributed by atoms with Crippen molar-refractivity contribution in [2.24, 2.45) is 0 Å². The third-order valence-electron chi connectivity index (χ3n) is 4.97. The topological polar surface area (TPSA) is 51.9 Å². The van der Waals surface area contributed by atoms with Gasteiger partial charge in [-0.15, -0.1) is 11.8 Å². The van der Waals surface area contributed by atoms with E-state index in [1.54, 1.807) is 22.6 Å². The van der Waals surface area contributed by atoms with Gasteiger partial charge < -0.3 is 9.88 Å². The van der Waals surface area contributed by atoms with Gasteiger partial charge in [0.05, 0.1) is 11.9 Å². The second-order valence-corrected chi connectivity index (χ2v) is 7.95. The summed E-state index contributed by atoms with van der Waals surface area (Å²) in [5.41, 5.74) is 3.84. The number of hydrogen-bond donors (Lipinski definition) is 1. The summed E-state index contributed by atoms with van der Waals surface area (Å²) in [7, 11) is 0. The number of amides is 1. The van der Waals surface area contributed by atoms with Gasteiger partial charge in [0.2, 0.25) is 0 Å². The molecule has 0 spiro atoms. The molecular formula is C24H24N4OS. The van der Waals surface area contributed by atoms with Crippen LogP contribution in [0.1, 0.15) is 21.5 Å². The molecule has 0 aliphatic rings. The van der Waals surface area contributed by atoms with Crippen LogP contribution in [-0.2, 0) is 6.42 Å². The number of thioether (sulfide) groups is 1. The van der Waals surface area contributed by atoms with Gasteiger partial charge in [-0.25, -0.2) is 4.68 Å². The van der Waals surface area contributed by atoms with Crippen molar-refractivity contribution in [3.05, 3.63) is 95.9 Å². The van der Waals surface area contributed by atoms with Crippen LogP contribution in [0.15, 0.2) is 84.1 Å². The molecule has 0 atom stereocenters. The lowest BCUT2D eigenvalue weighted by molar-refractivity contribution is 0.0954. The standard InChI is InChI=1S/C24H24N4OS/c1-18-5-9-20(10-6-18)28-24(27-15-3-4-16-27)22(17-26-28)23(29)25-14-13-19-7-11-21(30-2)12-8-19/h3-12,15-17H,13-14H2,1-2H3,(H,25,29). The van der Waals surface area contributed by atoms with E-state index in [1.807, 2.05) is 60.3 Å². The Bertz CT molecular complexity index is 1110. The molecular weight excluding hydrogens is 392 g/mol. The van der Waals surface area contributed by atoms with E-state index >= 15 is 0 Å². The summed E-state index contributed by atoms with van der Waals surface area (Å²) >= 11 is 1.72. The smallest absolute Gasteiger partial charge is 0.256 e. The summed E-state index contributed by atoms with van der Waals surface area (Å²) in [5.74, 6) is 0.600. The average Bonchev–Trinajstić information content (AvgIpc) is 3.44. The zero-order valence-electron chi connectivity index (χ0n) is 17.1. The maximum atomic E-state index is 13.0. The lowest BCUT2D eigenvalue weighted by atomic mass is 10.1. The number of aromatic nitrogens is 3. The van der Waals surface area contributed by atoms with E-state index < -0.39 is 0 Å². The zero-order chi connectivity index (χ0) is 20.9. The molecule has 0 fully saturated rings. The van der Waals surface area contributed by atoms with Crippen LogP contribution in [0.3, 0.4) is 0 Å². The van der Waals surface area contributed by atoms with Crippen molar-refractivity contribution < 1.29 is 4.79 Å². The molecule has 4 aromatic rings. The Balaban J connectivity index is 1.54. The summed E-state index contributed by atoms with van der Waals surface area (Å²) in [6.45, 7) is 2.62. The van der Waals surface area contributed by atoms with Crippen LogP contribution in [0.5, 0.6) is 0 Å². The van der Waals surface area contributed by atoms with Gasteiger partial charge in [-0.3, -0.25) is 4.79 Å². The molecule has 0 saturated heterocycles. The minimum atomic E-state index is -0.127. The molecule has 1 N–H and O–H groups in total. The van der Waals surface area contributed by atoms with Crippen LogP contribution >= 0.6 is 11.8 Å². The first kappa shape index (κ1) is 20.0. The fourth-order valence-corrected chi connectivity index (χ4v) is 3.72. The Morgan fingerprint density at radius 1 is 1.03 bits per heavy atom. The molecule has 2 aromatic carbocycles. The normalized spacial score (nSPS) is 10.9. The predicted molar refractivity (Wildman–Crippen MR) is 122 cm³/mol. The largest absolute Gasteiger partial charge is 0.352 e. The number of carbonyl (C=O) groups is 1. The molecule has 0 radical (unpaired) electrons. The van der Waals surface area contributed by atoms with Gasteiger partial charge in [-0.2, -0.15) is 5.10 Å². The van der Waals surface area contributed by atoms with Crippen molar-refractivity contribution >= 4 is 17.7 Å². The van der Waals surface area contributed by atoms with Crippen molar-refractivity contribution in [1.29, 1.82) is 0 Å². The molecule has 5 nitrogen and oxygen atoms in total. The highest BCUT2D eigenvalue weighted by atomic mass is 32.2. The third kappa shape index (κ3) is 4.33. The summed E-state index contributed by atoms with van der Waals surface area (Å²) in [6.07, 6.45) is 8.33. The maximum absolute atomic E-state index is 13.0. The van der Waals surface area contributed by atoms with E-state index in [2.05, 4.69) is 40.9 Å². The molecule has 0 bridgehead atoms. The molecule has 0 saturated carbocycles. The molecule has 0 aliphatic carbocycles. The number of rotatable bonds is 7. The summed E-state index contributed by atoms with van der Waals surface area (Å²) in [4.78, 5) is 14.2. The van der Waals surface area contributed by atoms with Gasteiger partial charge in [0, 0.05) is 23.8 Å². The lowest BCUT2D eigenvalue weighted by Gasteiger charge is -2.11. The van der Waals surface area contributed by atoms with E-state index in [9.17, 15) is 4.79 Å². The van der Waals surface area contributed by atoms with E-state index in [0.29, 0.717) is 12.1 Å². The summed E-state index contributed by atoms with van der Waals surface area (Å²) in [5, 5.41) is 7.55. The van der Waals surface area contributed by atoms with Crippen LogP contribution in [0.25, 0.3) is 11.5 Å². The monoisotopic (exact) mass is 416 g/mol. The molecule has 0 unspecified atom stereocenters. The summed E-state index contributed by atoms with van der Waals surface area (Å²) < 4.78 is 3.72. The quantitative estimate of drug-likeness (QED) is 0.446. The van der Waals surface area contributed by atoms with Gasteiger partial charge in [-0.1, -0.05) is 29.8 Å². The van der Waals surface area contributed by atoms with Crippen molar-refractivity contribution in [2.45, 2.75) is 18.2 Å². The molecule has 6 heteroatoms. The van der Waals surface area contributed by atoms with E-state index in [-0.39, 0.29) is 5.91 Å². The van der Waals surface area contributed by atoms with Crippen LogP contribution in [0.2, 0.25) is 0 Å². The molecule has 2 aromatic heterocycles. The van der Waals surface area contributed by atoms with E-state index in [4.69, 9.17) is 0 Å². The van der Waals surface area contributed by atoms with Crippen molar-refractivity contribution in [2.75, 3.05) is 12.8 Å². The van der Waals surface area contributed by atoms with Gasteiger partial charge in [0.1, 0.15) is 5.56 Å². The second-order valence-electron chi connectivity index (χ2n) is 7.07. The minimum absolute atomic E-state index is 0.127. The maximum Gasteiger partial charge on any atom is 0.256 e. The Morgan fingerprint density at radius 2 is 1.73 bits per heavy atom. The molecule has 30 heavy (non-hydrogen) atoms. The second kappa shape index (κ2) is 9.05. The Hall–Kier alpha value is -3.25. The Labute approximate surface area is 180 Å². The zero-order valence-corrected chi connectivity index (χ0v) is 17.9. The van der Waals surface area contributed by atoms with Gasteiger partial charge in [0.25, 0.3) is 5.91 Å².